The van der Waals surface area contributed by atoms with E-state index in [1.165, 1.54) is 30.6 Å². The number of hydrogen-bond acceptors (Lipinski definition) is 4. The summed E-state index contributed by atoms with van der Waals surface area (Å²) in [6.07, 6.45) is 6.06. The summed E-state index contributed by atoms with van der Waals surface area (Å²) in [5.74, 6) is 3.38. The van der Waals surface area contributed by atoms with Crippen LogP contribution in [-0.2, 0) is 13.1 Å². The van der Waals surface area contributed by atoms with Gasteiger partial charge in [-0.05, 0) is 58.2 Å². The van der Waals surface area contributed by atoms with Gasteiger partial charge in [0.05, 0.1) is 6.54 Å². The number of aryl methyl sites for hydroxylation is 1. The predicted octanol–water partition coefficient (Wildman–Crippen LogP) is 3.41. The molecule has 1 heterocycles. The third-order valence-electron chi connectivity index (χ3n) is 4.13. The van der Waals surface area contributed by atoms with Crippen molar-refractivity contribution in [1.29, 1.82) is 0 Å². The summed E-state index contributed by atoms with van der Waals surface area (Å²) >= 11 is 1.92. The lowest BCUT2D eigenvalue weighted by Gasteiger charge is -2.24. The van der Waals surface area contributed by atoms with Crippen molar-refractivity contribution in [2.45, 2.75) is 58.3 Å². The van der Waals surface area contributed by atoms with Gasteiger partial charge in [-0.25, -0.2) is 0 Å². The first-order chi connectivity index (χ1) is 9.60. The van der Waals surface area contributed by atoms with Gasteiger partial charge < -0.3 is 9.73 Å². The molecule has 3 nitrogen and oxygen atoms in total. The predicted molar refractivity (Wildman–Crippen MR) is 87.2 cm³/mol. The molecule has 0 bridgehead atoms. The van der Waals surface area contributed by atoms with Crippen LogP contribution in [0.5, 0.6) is 0 Å². The Balaban J connectivity index is 1.84. The Morgan fingerprint density at radius 2 is 2.25 bits per heavy atom. The molecule has 114 valence electrons. The Bertz CT molecular complexity index is 415. The Hall–Kier alpha value is -0.450. The maximum Gasteiger partial charge on any atom is 0.118 e. The highest BCUT2D eigenvalue weighted by atomic mass is 32.2. The average molecular weight is 296 g/mol. The zero-order valence-corrected chi connectivity index (χ0v) is 14.1. The van der Waals surface area contributed by atoms with Crippen molar-refractivity contribution in [3.05, 3.63) is 23.2 Å². The van der Waals surface area contributed by atoms with Crippen LogP contribution in [0.1, 0.15) is 43.3 Å². The summed E-state index contributed by atoms with van der Waals surface area (Å²) in [6, 6.07) is 3.57. The summed E-state index contributed by atoms with van der Waals surface area (Å²) < 4.78 is 5.86. The van der Waals surface area contributed by atoms with Crippen LogP contribution in [0.15, 0.2) is 10.5 Å². The first-order valence-corrected chi connectivity index (χ1v) is 9.00. The number of hydrogen-bond donors (Lipinski definition) is 1. The van der Waals surface area contributed by atoms with Crippen molar-refractivity contribution >= 4 is 11.8 Å². The molecule has 0 radical (unpaired) electrons. The topological polar surface area (TPSA) is 28.4 Å². The molecule has 0 amide bonds. The molecule has 0 aromatic carbocycles. The van der Waals surface area contributed by atoms with Gasteiger partial charge in [-0.15, -0.1) is 0 Å². The maximum atomic E-state index is 5.86. The molecule has 1 aromatic rings. The third kappa shape index (κ3) is 4.83. The lowest BCUT2D eigenvalue weighted by molar-refractivity contribution is 0.243. The van der Waals surface area contributed by atoms with E-state index in [-0.39, 0.29) is 0 Å². The van der Waals surface area contributed by atoms with Gasteiger partial charge in [-0.1, -0.05) is 0 Å². The Labute approximate surface area is 127 Å². The van der Waals surface area contributed by atoms with E-state index < -0.39 is 0 Å². The highest BCUT2D eigenvalue weighted by Gasteiger charge is 2.21. The molecule has 1 unspecified atom stereocenters. The summed E-state index contributed by atoms with van der Waals surface area (Å²) in [6.45, 7) is 6.24. The highest BCUT2D eigenvalue weighted by Crippen LogP contribution is 2.22. The molecule has 2 rings (SSSR count). The van der Waals surface area contributed by atoms with E-state index in [0.29, 0.717) is 6.04 Å². The molecular weight excluding hydrogens is 268 g/mol. The second-order valence-corrected chi connectivity index (χ2v) is 6.98. The van der Waals surface area contributed by atoms with Crippen molar-refractivity contribution in [2.75, 3.05) is 19.1 Å². The number of nitrogens with one attached hydrogen (secondary N) is 1. The maximum absolute atomic E-state index is 5.86. The number of furan rings is 1. The quantitative estimate of drug-likeness (QED) is 0.756. The van der Waals surface area contributed by atoms with Gasteiger partial charge in [-0.3, -0.25) is 4.90 Å². The first-order valence-electron chi connectivity index (χ1n) is 7.61. The monoisotopic (exact) mass is 296 g/mol. The van der Waals surface area contributed by atoms with Crippen LogP contribution in [0.25, 0.3) is 0 Å². The zero-order chi connectivity index (χ0) is 14.5. The minimum absolute atomic E-state index is 0.616. The van der Waals surface area contributed by atoms with Gasteiger partial charge in [0.1, 0.15) is 11.5 Å². The molecule has 0 aliphatic heterocycles. The van der Waals surface area contributed by atoms with Crippen molar-refractivity contribution in [3.63, 3.8) is 0 Å². The van der Waals surface area contributed by atoms with E-state index in [1.54, 1.807) is 0 Å². The van der Waals surface area contributed by atoms with Crippen molar-refractivity contribution in [3.8, 4) is 0 Å². The normalized spacial score (nSPS) is 16.9. The lowest BCUT2D eigenvalue weighted by atomic mass is 10.2. The molecule has 1 aliphatic carbocycles. The van der Waals surface area contributed by atoms with Gasteiger partial charge in [-0.2, -0.15) is 11.8 Å². The largest absolute Gasteiger partial charge is 0.465 e. The Kier molecular flexibility index (Phi) is 6.00. The van der Waals surface area contributed by atoms with Crippen LogP contribution in [0.3, 0.4) is 0 Å². The molecular formula is C16H28N2OS. The number of rotatable bonds is 9. The van der Waals surface area contributed by atoms with Crippen LogP contribution in [0, 0.1) is 6.92 Å². The summed E-state index contributed by atoms with van der Waals surface area (Å²) in [4.78, 5) is 2.42. The molecule has 1 aromatic heterocycles. The van der Waals surface area contributed by atoms with Crippen LogP contribution in [0.2, 0.25) is 0 Å². The standard InChI is InChI=1S/C16H28N2OS/c1-12(7-8-20-4)18(3)11-14-9-16(19-13(14)2)10-17-15-5-6-15/h9,12,15,17H,5-8,10-11H2,1-4H3. The average Bonchev–Trinajstić information content (AvgIpc) is 3.19. The molecule has 1 atom stereocenters. The first kappa shape index (κ1) is 15.9. The summed E-state index contributed by atoms with van der Waals surface area (Å²) in [7, 11) is 2.21. The second kappa shape index (κ2) is 7.53. The molecule has 1 fully saturated rings. The van der Waals surface area contributed by atoms with E-state index in [9.17, 15) is 0 Å². The minimum atomic E-state index is 0.616. The Morgan fingerprint density at radius 3 is 2.90 bits per heavy atom. The molecule has 0 saturated heterocycles. The molecule has 1 saturated carbocycles. The fourth-order valence-electron chi connectivity index (χ4n) is 2.30. The van der Waals surface area contributed by atoms with Gasteiger partial charge in [0.2, 0.25) is 0 Å². The zero-order valence-electron chi connectivity index (χ0n) is 13.2. The molecule has 1 aliphatic rings. The SMILES string of the molecule is CSCCC(C)N(C)Cc1cc(CNC2CC2)oc1C. The van der Waals surface area contributed by atoms with Crippen LogP contribution in [-0.4, -0.2) is 36.0 Å². The van der Waals surface area contributed by atoms with E-state index >= 15 is 0 Å². The number of thioether (sulfide) groups is 1. The third-order valence-corrected chi connectivity index (χ3v) is 4.77. The smallest absolute Gasteiger partial charge is 0.118 e. The van der Waals surface area contributed by atoms with Gasteiger partial charge in [0.15, 0.2) is 0 Å². The molecule has 0 spiro atoms. The van der Waals surface area contributed by atoms with Gasteiger partial charge in [0.25, 0.3) is 0 Å². The fraction of sp³-hybridized carbons (Fsp3) is 0.750. The number of nitrogens with zero attached hydrogens (tertiary/aromatic N) is 1. The second-order valence-electron chi connectivity index (χ2n) is 5.99. The van der Waals surface area contributed by atoms with E-state index in [2.05, 4.69) is 43.4 Å². The van der Waals surface area contributed by atoms with Crippen molar-refractivity contribution in [2.24, 2.45) is 0 Å². The minimum Gasteiger partial charge on any atom is -0.465 e. The Morgan fingerprint density at radius 1 is 1.50 bits per heavy atom. The summed E-state index contributed by atoms with van der Waals surface area (Å²) in [5, 5.41) is 3.51. The molecule has 20 heavy (non-hydrogen) atoms. The van der Waals surface area contributed by atoms with E-state index in [4.69, 9.17) is 4.42 Å². The van der Waals surface area contributed by atoms with Gasteiger partial charge >= 0.3 is 0 Å². The summed E-state index contributed by atoms with van der Waals surface area (Å²) in [5.41, 5.74) is 1.33. The van der Waals surface area contributed by atoms with Crippen molar-refractivity contribution < 1.29 is 4.42 Å². The van der Waals surface area contributed by atoms with E-state index in [0.717, 1.165) is 30.7 Å². The molecule has 4 heteroatoms. The highest BCUT2D eigenvalue weighted by molar-refractivity contribution is 7.98. The fourth-order valence-corrected chi connectivity index (χ4v) is 2.87. The van der Waals surface area contributed by atoms with Crippen LogP contribution < -0.4 is 5.32 Å². The molecule has 1 N–H and O–H groups in total. The van der Waals surface area contributed by atoms with Gasteiger partial charge in [0, 0.05) is 24.2 Å². The van der Waals surface area contributed by atoms with E-state index in [1.807, 2.05) is 11.8 Å². The lowest BCUT2D eigenvalue weighted by Crippen LogP contribution is -2.29. The van der Waals surface area contributed by atoms with Crippen LogP contribution in [0.4, 0.5) is 0 Å². The van der Waals surface area contributed by atoms with Crippen molar-refractivity contribution in [1.82, 2.24) is 10.2 Å². The van der Waals surface area contributed by atoms with Crippen LogP contribution >= 0.6 is 11.8 Å².